The van der Waals surface area contributed by atoms with Crippen LogP contribution >= 0.6 is 0 Å². The van der Waals surface area contributed by atoms with E-state index in [4.69, 9.17) is 15.7 Å². The Labute approximate surface area is 317 Å². The van der Waals surface area contributed by atoms with Gasteiger partial charge < -0.3 is 20.2 Å². The van der Waals surface area contributed by atoms with Crippen molar-refractivity contribution in [3.63, 3.8) is 0 Å². The van der Waals surface area contributed by atoms with Gasteiger partial charge in [-0.15, -0.1) is 0 Å². The molecule has 4 aromatic carbocycles. The predicted molar refractivity (Wildman–Crippen MR) is 216 cm³/mol. The van der Waals surface area contributed by atoms with Gasteiger partial charge in [0.25, 0.3) is 0 Å². The lowest BCUT2D eigenvalue weighted by molar-refractivity contribution is -0.118. The maximum absolute atomic E-state index is 13.1. The lowest BCUT2D eigenvalue weighted by atomic mass is 9.77. The van der Waals surface area contributed by atoms with Crippen molar-refractivity contribution in [1.82, 2.24) is 28.9 Å². The van der Waals surface area contributed by atoms with E-state index in [1.165, 1.54) is 58.6 Å². The molecule has 1 amide bonds. The third-order valence-electron chi connectivity index (χ3n) is 12.9. The Kier molecular flexibility index (Phi) is 8.81. The van der Waals surface area contributed by atoms with E-state index in [1.54, 1.807) is 0 Å². The van der Waals surface area contributed by atoms with Crippen LogP contribution in [0.4, 0.5) is 5.69 Å². The number of aromatic nitrogens is 4. The molecular formula is C45H50N8O. The number of rotatable bonds is 8. The maximum Gasteiger partial charge on any atom is 0.224 e. The SMILES string of the molecule is NCc1ccc(-c2ccc3nc4n(c3c2)CCN(C2CC(CC(=O)Nc3ccc(-c5ccc6nc7n(c6c5)CCN(C5CCC5)CC7)cc3)C2)CC4)cc1. The Bertz CT molecular complexity index is 2310. The summed E-state index contributed by atoms with van der Waals surface area (Å²) in [6.45, 7) is 6.77. The van der Waals surface area contributed by atoms with Crippen molar-refractivity contribution in [2.24, 2.45) is 11.7 Å². The molecule has 2 aliphatic heterocycles. The average molecular weight is 719 g/mol. The highest BCUT2D eigenvalue weighted by Crippen LogP contribution is 2.36. The zero-order valence-corrected chi connectivity index (χ0v) is 31.1. The van der Waals surface area contributed by atoms with Gasteiger partial charge in [-0.2, -0.15) is 0 Å². The van der Waals surface area contributed by atoms with Gasteiger partial charge in [-0.1, -0.05) is 55.0 Å². The van der Waals surface area contributed by atoms with Gasteiger partial charge in [0.2, 0.25) is 5.91 Å². The van der Waals surface area contributed by atoms with E-state index in [9.17, 15) is 4.79 Å². The third kappa shape index (κ3) is 6.42. The second kappa shape index (κ2) is 14.1. The molecule has 0 unspecified atom stereocenters. The summed E-state index contributed by atoms with van der Waals surface area (Å²) in [4.78, 5) is 28.5. The third-order valence-corrected chi connectivity index (χ3v) is 12.9. The number of carbonyl (C=O) groups excluding carboxylic acids is 1. The number of amides is 1. The molecule has 9 nitrogen and oxygen atoms in total. The molecule has 6 aromatic rings. The molecule has 4 heterocycles. The average Bonchev–Trinajstić information content (AvgIpc) is 3.52. The lowest BCUT2D eigenvalue weighted by Gasteiger charge is -2.42. The first-order chi connectivity index (χ1) is 26.5. The van der Waals surface area contributed by atoms with Crippen LogP contribution in [0.5, 0.6) is 0 Å². The molecule has 9 heteroatoms. The van der Waals surface area contributed by atoms with Crippen LogP contribution in [0.2, 0.25) is 0 Å². The zero-order chi connectivity index (χ0) is 36.2. The van der Waals surface area contributed by atoms with E-state index >= 15 is 0 Å². The summed E-state index contributed by atoms with van der Waals surface area (Å²) in [5, 5.41) is 3.18. The summed E-state index contributed by atoms with van der Waals surface area (Å²) in [7, 11) is 0. The maximum atomic E-state index is 13.1. The summed E-state index contributed by atoms with van der Waals surface area (Å²) in [6, 6.07) is 31.5. The highest BCUT2D eigenvalue weighted by atomic mass is 16.1. The Morgan fingerprint density at radius 1 is 0.648 bits per heavy atom. The fourth-order valence-corrected chi connectivity index (χ4v) is 9.45. The second-order valence-electron chi connectivity index (χ2n) is 16.1. The van der Waals surface area contributed by atoms with Gasteiger partial charge in [0.05, 0.1) is 22.1 Å². The highest BCUT2D eigenvalue weighted by Gasteiger charge is 2.35. The van der Waals surface area contributed by atoms with Crippen LogP contribution in [-0.4, -0.2) is 73.1 Å². The quantitative estimate of drug-likeness (QED) is 0.172. The Morgan fingerprint density at radius 3 is 1.72 bits per heavy atom. The molecule has 54 heavy (non-hydrogen) atoms. The molecule has 0 radical (unpaired) electrons. The standard InChI is InChI=1S/C45H50N8O/c46-29-30-4-6-32(7-5-30)34-10-14-39-41(27-34)53-23-21-51(19-17-44(53)49-39)38-24-31(25-38)26-45(54)47-36-12-8-33(9-13-36)35-11-15-40-42(28-35)52-22-20-50(37-2-1-3-37)18-16-43(52)48-40/h4-15,27-28,31,37-38H,1-3,16-26,29,46H2,(H,47,54). The fraction of sp³-hybridized carbons (Fsp3) is 0.400. The number of nitrogens with two attached hydrogens (primary N) is 1. The van der Waals surface area contributed by atoms with Crippen molar-refractivity contribution < 1.29 is 4.79 Å². The molecule has 3 N–H and O–H groups in total. The van der Waals surface area contributed by atoms with Gasteiger partial charge >= 0.3 is 0 Å². The van der Waals surface area contributed by atoms with Crippen molar-refractivity contribution in [3.8, 4) is 22.3 Å². The minimum absolute atomic E-state index is 0.112. The molecule has 0 spiro atoms. The molecule has 0 atom stereocenters. The van der Waals surface area contributed by atoms with E-state index in [0.717, 1.165) is 98.8 Å². The summed E-state index contributed by atoms with van der Waals surface area (Å²) >= 11 is 0. The van der Waals surface area contributed by atoms with Crippen molar-refractivity contribution >= 4 is 33.7 Å². The molecule has 2 aliphatic carbocycles. The molecule has 276 valence electrons. The predicted octanol–water partition coefficient (Wildman–Crippen LogP) is 7.25. The van der Waals surface area contributed by atoms with E-state index in [2.05, 4.69) is 97.0 Å². The summed E-state index contributed by atoms with van der Waals surface area (Å²) in [5.41, 5.74) is 17.2. The zero-order valence-electron chi connectivity index (χ0n) is 31.1. The van der Waals surface area contributed by atoms with Crippen molar-refractivity contribution in [3.05, 3.63) is 102 Å². The molecule has 2 aromatic heterocycles. The Morgan fingerprint density at radius 2 is 1.19 bits per heavy atom. The Balaban J connectivity index is 0.724. The minimum Gasteiger partial charge on any atom is -0.327 e. The number of anilines is 1. The summed E-state index contributed by atoms with van der Waals surface area (Å²) in [6.07, 6.45) is 8.79. The van der Waals surface area contributed by atoms with Crippen LogP contribution in [0, 0.1) is 5.92 Å². The molecule has 4 aliphatic rings. The van der Waals surface area contributed by atoms with Crippen LogP contribution in [0.3, 0.4) is 0 Å². The summed E-state index contributed by atoms with van der Waals surface area (Å²) in [5.74, 6) is 2.94. The molecule has 2 fully saturated rings. The Hall–Kier alpha value is -4.83. The van der Waals surface area contributed by atoms with Gasteiger partial charge in [-0.3, -0.25) is 14.6 Å². The van der Waals surface area contributed by atoms with Gasteiger partial charge in [-0.05, 0) is 95.8 Å². The number of benzene rings is 4. The number of hydrogen-bond donors (Lipinski definition) is 2. The van der Waals surface area contributed by atoms with Gasteiger partial charge in [0, 0.05) is 82.8 Å². The van der Waals surface area contributed by atoms with Gasteiger partial charge in [0.1, 0.15) is 11.6 Å². The molecule has 2 saturated carbocycles. The largest absolute Gasteiger partial charge is 0.327 e. The number of nitrogens with zero attached hydrogens (tertiary/aromatic N) is 6. The van der Waals surface area contributed by atoms with Crippen LogP contribution in [0.25, 0.3) is 44.3 Å². The molecular weight excluding hydrogens is 669 g/mol. The van der Waals surface area contributed by atoms with Crippen LogP contribution in [-0.2, 0) is 37.3 Å². The number of fused-ring (bicyclic) bond motifs is 6. The number of nitrogens with one attached hydrogen (secondary N) is 1. The molecule has 0 saturated heterocycles. The van der Waals surface area contributed by atoms with Crippen LogP contribution in [0.1, 0.15) is 55.7 Å². The van der Waals surface area contributed by atoms with E-state index < -0.39 is 0 Å². The number of hydrogen-bond acceptors (Lipinski definition) is 6. The van der Waals surface area contributed by atoms with Crippen LogP contribution in [0.15, 0.2) is 84.9 Å². The lowest BCUT2D eigenvalue weighted by Crippen LogP contribution is -2.46. The second-order valence-corrected chi connectivity index (χ2v) is 16.1. The fourth-order valence-electron chi connectivity index (χ4n) is 9.45. The first-order valence-electron chi connectivity index (χ1n) is 20.2. The summed E-state index contributed by atoms with van der Waals surface area (Å²) < 4.78 is 4.87. The monoisotopic (exact) mass is 718 g/mol. The van der Waals surface area contributed by atoms with E-state index in [1.807, 2.05) is 12.1 Å². The van der Waals surface area contributed by atoms with E-state index in [0.29, 0.717) is 24.9 Å². The van der Waals surface area contributed by atoms with Crippen molar-refractivity contribution in [1.29, 1.82) is 0 Å². The molecule has 0 bridgehead atoms. The van der Waals surface area contributed by atoms with Gasteiger partial charge in [-0.25, -0.2) is 9.97 Å². The topological polar surface area (TPSA) is 97.2 Å². The van der Waals surface area contributed by atoms with E-state index in [-0.39, 0.29) is 5.91 Å². The smallest absolute Gasteiger partial charge is 0.224 e. The highest BCUT2D eigenvalue weighted by molar-refractivity contribution is 5.91. The van der Waals surface area contributed by atoms with Crippen LogP contribution < -0.4 is 11.1 Å². The molecule has 10 rings (SSSR count). The first-order valence-corrected chi connectivity index (χ1v) is 20.2. The van der Waals surface area contributed by atoms with Crippen molar-refractivity contribution in [2.45, 2.75) is 83.1 Å². The normalized spacial score (nSPS) is 20.8. The minimum atomic E-state index is 0.112. The van der Waals surface area contributed by atoms with Gasteiger partial charge in [0.15, 0.2) is 0 Å². The number of carbonyl (C=O) groups is 1. The first kappa shape index (κ1) is 33.7. The van der Waals surface area contributed by atoms with Crippen molar-refractivity contribution in [2.75, 3.05) is 31.5 Å². The number of imidazole rings is 2.